The molecule has 2 N–H and O–H groups in total. The van der Waals surface area contributed by atoms with Crippen molar-refractivity contribution in [1.29, 1.82) is 0 Å². The number of carbonyl (C=O) groups is 2. The van der Waals surface area contributed by atoms with Crippen LogP contribution in [0.1, 0.15) is 51.0 Å². The Hall–Kier alpha value is -2.42. The van der Waals surface area contributed by atoms with Gasteiger partial charge >= 0.3 is 11.9 Å². The van der Waals surface area contributed by atoms with Crippen molar-refractivity contribution >= 4 is 11.9 Å². The molecule has 0 amide bonds. The fraction of sp³-hybridized carbons (Fsp3) is 0.643. The zero-order valence-corrected chi connectivity index (χ0v) is 21.5. The molecule has 4 aliphatic rings. The summed E-state index contributed by atoms with van der Waals surface area (Å²) in [6.45, 7) is 8.01. The third-order valence-corrected chi connectivity index (χ3v) is 8.95. The zero-order valence-electron chi connectivity index (χ0n) is 21.5. The fourth-order valence-corrected chi connectivity index (χ4v) is 7.09. The second-order valence-corrected chi connectivity index (χ2v) is 10.8. The van der Waals surface area contributed by atoms with Crippen molar-refractivity contribution in [2.45, 2.75) is 76.7 Å². The van der Waals surface area contributed by atoms with Crippen molar-refractivity contribution in [2.24, 2.45) is 29.6 Å². The Balaban J connectivity index is 1.57. The molecule has 1 saturated carbocycles. The second kappa shape index (κ2) is 9.47. The molecule has 1 aromatic heterocycles. The quantitative estimate of drug-likeness (QED) is 0.483. The van der Waals surface area contributed by atoms with Gasteiger partial charge in [-0.15, -0.1) is 0 Å². The molecule has 3 heterocycles. The highest BCUT2D eigenvalue weighted by Gasteiger charge is 2.69. The maximum atomic E-state index is 13.0. The van der Waals surface area contributed by atoms with E-state index in [1.165, 1.54) is 7.11 Å². The highest BCUT2D eigenvalue weighted by molar-refractivity contribution is 5.87. The van der Waals surface area contributed by atoms with Crippen LogP contribution in [-0.2, 0) is 23.7 Å². The third-order valence-electron chi connectivity index (χ3n) is 8.95. The summed E-state index contributed by atoms with van der Waals surface area (Å²) in [6, 6.07) is 3.41. The minimum Gasteiger partial charge on any atom is -0.460 e. The molecule has 5 rings (SSSR count). The van der Waals surface area contributed by atoms with Crippen molar-refractivity contribution in [2.75, 3.05) is 7.11 Å². The summed E-state index contributed by atoms with van der Waals surface area (Å²) in [4.78, 5) is 28.8. The Labute approximate surface area is 212 Å². The molecule has 0 aromatic carbocycles. The summed E-state index contributed by atoms with van der Waals surface area (Å²) in [5.41, 5.74) is 0.532. The van der Waals surface area contributed by atoms with Crippen molar-refractivity contribution in [1.82, 2.24) is 4.98 Å². The van der Waals surface area contributed by atoms with Crippen molar-refractivity contribution in [3.8, 4) is 0 Å². The number of cyclic esters (lactones) is 1. The van der Waals surface area contributed by atoms with Crippen molar-refractivity contribution < 1.29 is 33.6 Å². The van der Waals surface area contributed by atoms with Crippen molar-refractivity contribution in [3.63, 3.8) is 0 Å². The van der Waals surface area contributed by atoms with Crippen LogP contribution in [0.2, 0.25) is 0 Å². The monoisotopic (exact) mass is 499 g/mol. The minimum absolute atomic E-state index is 0.0472. The van der Waals surface area contributed by atoms with Gasteiger partial charge in [-0.1, -0.05) is 39.0 Å². The highest BCUT2D eigenvalue weighted by Crippen LogP contribution is 2.61. The molecular formula is C28H37NO7. The molecule has 2 fully saturated rings. The smallest absolute Gasteiger partial charge is 0.355 e. The number of carbonyl (C=O) groups excluding carboxylic acids is 2. The summed E-state index contributed by atoms with van der Waals surface area (Å²) in [6.07, 6.45) is 6.19. The van der Waals surface area contributed by atoms with E-state index in [9.17, 15) is 14.7 Å². The lowest BCUT2D eigenvalue weighted by molar-refractivity contribution is -0.166. The van der Waals surface area contributed by atoms with Crippen LogP contribution in [0, 0.1) is 29.6 Å². The van der Waals surface area contributed by atoms with Crippen LogP contribution in [0.15, 0.2) is 42.1 Å². The van der Waals surface area contributed by atoms with Gasteiger partial charge in [0, 0.05) is 42.9 Å². The first-order valence-electron chi connectivity index (χ1n) is 13.0. The van der Waals surface area contributed by atoms with Gasteiger partial charge in [0.15, 0.2) is 6.10 Å². The molecule has 4 bridgehead atoms. The van der Waals surface area contributed by atoms with Gasteiger partial charge in [0.2, 0.25) is 0 Å². The second-order valence-electron chi connectivity index (χ2n) is 10.8. The van der Waals surface area contributed by atoms with Crippen LogP contribution < -0.4 is 0 Å². The van der Waals surface area contributed by atoms with Crippen LogP contribution >= 0.6 is 0 Å². The molecule has 0 radical (unpaired) electrons. The Kier molecular flexibility index (Phi) is 6.64. The molecule has 1 aromatic rings. The Morgan fingerprint density at radius 3 is 2.75 bits per heavy atom. The van der Waals surface area contributed by atoms with E-state index in [-0.39, 0.29) is 41.7 Å². The molecule has 0 unspecified atom stereocenters. The minimum atomic E-state index is -0.841. The molecule has 196 valence electrons. The van der Waals surface area contributed by atoms with Crippen LogP contribution in [0.25, 0.3) is 0 Å². The molecule has 2 aliphatic carbocycles. The maximum Gasteiger partial charge on any atom is 0.355 e. The zero-order chi connectivity index (χ0) is 25.8. The number of hydrogen-bond donors (Lipinski definition) is 2. The van der Waals surface area contributed by atoms with Gasteiger partial charge in [-0.3, -0.25) is 0 Å². The average Bonchev–Trinajstić information content (AvgIpc) is 3.46. The van der Waals surface area contributed by atoms with Crippen LogP contribution in [0.3, 0.4) is 0 Å². The summed E-state index contributed by atoms with van der Waals surface area (Å²) in [5.74, 6) is -1.78. The average molecular weight is 500 g/mol. The standard InChI is InChI=1S/C28H37NO7/c1-6-20-14(2)12-15(3)28-17(13-21(33-5)27(32)34-20)9-10-18-22(28)23(30)16(4)24(25(18)36-28)35-26(31)19-8-7-11-29-19/h7-12,14,16-18,20-25,29-30H,6,13H2,1-5H3/b15-12+/t14-,16-,17-,18-,20-,21+,22+,23-,24-,25-,28+/m1/s1. The van der Waals surface area contributed by atoms with Crippen LogP contribution in [-0.4, -0.2) is 65.3 Å². The van der Waals surface area contributed by atoms with Gasteiger partial charge in [0.05, 0.1) is 6.10 Å². The lowest BCUT2D eigenvalue weighted by Gasteiger charge is -2.48. The summed E-state index contributed by atoms with van der Waals surface area (Å²) in [7, 11) is 1.52. The summed E-state index contributed by atoms with van der Waals surface area (Å²) < 4.78 is 24.4. The van der Waals surface area contributed by atoms with Crippen LogP contribution in [0.5, 0.6) is 0 Å². The largest absolute Gasteiger partial charge is 0.460 e. The lowest BCUT2D eigenvalue weighted by atomic mass is 9.57. The molecule has 36 heavy (non-hydrogen) atoms. The van der Waals surface area contributed by atoms with E-state index in [2.05, 4.69) is 30.1 Å². The molecule has 2 aliphatic heterocycles. The van der Waals surface area contributed by atoms with Crippen molar-refractivity contribution in [3.05, 3.63) is 47.8 Å². The summed E-state index contributed by atoms with van der Waals surface area (Å²) in [5, 5.41) is 11.7. The van der Waals surface area contributed by atoms with Gasteiger partial charge in [-0.25, -0.2) is 9.59 Å². The molecule has 1 saturated heterocycles. The number of aromatic amines is 1. The normalized spacial score (nSPS) is 45.3. The van der Waals surface area contributed by atoms with E-state index in [0.29, 0.717) is 18.5 Å². The van der Waals surface area contributed by atoms with Gasteiger partial charge in [-0.2, -0.15) is 0 Å². The number of rotatable bonds is 4. The Bertz CT molecular complexity index is 1050. The van der Waals surface area contributed by atoms with E-state index < -0.39 is 36.0 Å². The summed E-state index contributed by atoms with van der Waals surface area (Å²) >= 11 is 0. The van der Waals surface area contributed by atoms with Gasteiger partial charge in [0.25, 0.3) is 0 Å². The number of aliphatic hydroxyl groups is 1. The van der Waals surface area contributed by atoms with Crippen LogP contribution in [0.4, 0.5) is 0 Å². The molecule has 1 spiro atoms. The first kappa shape index (κ1) is 25.2. The molecule has 8 nitrogen and oxygen atoms in total. The first-order chi connectivity index (χ1) is 17.2. The number of H-pyrrole nitrogens is 1. The van der Waals surface area contributed by atoms with Gasteiger partial charge in [-0.05, 0) is 37.5 Å². The SMILES string of the molecule is CC[C@H]1OC(=O)[C@@H](OC)C[C@H]2C=C[C@H]3[C@H]4O[C@]2(/C(C)=C/[C@H]1C)[C@@H]3[C@H](O)[C@@H](C)[C@H]4OC(=O)c1ccc[nH]1. The Morgan fingerprint density at radius 2 is 2.08 bits per heavy atom. The number of esters is 2. The molecular weight excluding hydrogens is 462 g/mol. The highest BCUT2D eigenvalue weighted by atomic mass is 16.6. The first-order valence-corrected chi connectivity index (χ1v) is 13.0. The van der Waals surface area contributed by atoms with E-state index in [1.54, 1.807) is 18.3 Å². The maximum absolute atomic E-state index is 13.0. The number of nitrogens with one attached hydrogen (secondary N) is 1. The van der Waals surface area contributed by atoms with Gasteiger partial charge < -0.3 is 29.0 Å². The number of methoxy groups -OCH3 is 1. The number of aliphatic hydroxyl groups excluding tert-OH is 1. The van der Waals surface area contributed by atoms with Gasteiger partial charge in [0.1, 0.15) is 29.6 Å². The lowest BCUT2D eigenvalue weighted by Crippen LogP contribution is -2.57. The number of aromatic nitrogens is 1. The number of hydrogen-bond acceptors (Lipinski definition) is 7. The van der Waals surface area contributed by atoms with E-state index >= 15 is 0 Å². The predicted octanol–water partition coefficient (Wildman–Crippen LogP) is 3.43. The molecule has 11 atom stereocenters. The van der Waals surface area contributed by atoms with E-state index in [0.717, 1.165) is 5.57 Å². The fourth-order valence-electron chi connectivity index (χ4n) is 7.09. The van der Waals surface area contributed by atoms with E-state index in [4.69, 9.17) is 18.9 Å². The topological polar surface area (TPSA) is 107 Å². The number of ether oxygens (including phenoxy) is 4. The third kappa shape index (κ3) is 3.76. The Morgan fingerprint density at radius 1 is 1.31 bits per heavy atom. The van der Waals surface area contributed by atoms with E-state index in [1.807, 2.05) is 20.8 Å². The predicted molar refractivity (Wildman–Crippen MR) is 131 cm³/mol. The molecule has 8 heteroatoms.